The Hall–Kier alpha value is -2.05. The fraction of sp³-hybridized carbons (Fsp3) is 0.816. The number of hydrogen-bond acceptors (Lipinski definition) is 14. The van der Waals surface area contributed by atoms with Gasteiger partial charge in [0.2, 0.25) is 0 Å². The van der Waals surface area contributed by atoms with Crippen LogP contribution < -0.4 is 0 Å². The molecular weight excluding hydrogens is 813 g/mol. The number of ether oxygens (including phenoxy) is 6. The first kappa shape index (κ1) is 57.1. The predicted molar refractivity (Wildman–Crippen MR) is 243 cm³/mol. The molecular formula is C49H86O14. The highest BCUT2D eigenvalue weighted by molar-refractivity contribution is 5.69. The topological polar surface area (TPSA) is 214 Å². The van der Waals surface area contributed by atoms with Gasteiger partial charge in [0, 0.05) is 13.0 Å². The van der Waals surface area contributed by atoms with E-state index >= 15 is 0 Å². The molecule has 14 heteroatoms. The van der Waals surface area contributed by atoms with Crippen LogP contribution in [0.4, 0.5) is 0 Å². The van der Waals surface area contributed by atoms with E-state index in [0.29, 0.717) is 13.0 Å². The molecule has 2 rings (SSSR count). The van der Waals surface area contributed by atoms with E-state index in [-0.39, 0.29) is 25.6 Å². The van der Waals surface area contributed by atoms with E-state index in [1.165, 1.54) is 44.9 Å². The molecule has 0 radical (unpaired) electrons. The number of carbonyl (C=O) groups excluding carboxylic acids is 1. The number of carbonyl (C=O) groups is 1. The Bertz CT molecular complexity index is 1230. The van der Waals surface area contributed by atoms with Crippen molar-refractivity contribution in [2.45, 2.75) is 223 Å². The Labute approximate surface area is 378 Å². The summed E-state index contributed by atoms with van der Waals surface area (Å²) in [4.78, 5) is 12.9. The second-order valence-corrected chi connectivity index (χ2v) is 16.9. The van der Waals surface area contributed by atoms with E-state index in [2.05, 4.69) is 62.5 Å². The smallest absolute Gasteiger partial charge is 0.306 e. The van der Waals surface area contributed by atoms with Crippen LogP contribution in [-0.2, 0) is 33.2 Å². The number of aliphatic hydroxyl groups excluding tert-OH is 7. The first-order valence-electron chi connectivity index (χ1n) is 24.2. The fourth-order valence-corrected chi connectivity index (χ4v) is 7.39. The van der Waals surface area contributed by atoms with Crippen LogP contribution >= 0.6 is 0 Å². The summed E-state index contributed by atoms with van der Waals surface area (Å²) in [7, 11) is 0. The van der Waals surface area contributed by atoms with Gasteiger partial charge in [-0.05, 0) is 51.4 Å². The second-order valence-electron chi connectivity index (χ2n) is 16.9. The van der Waals surface area contributed by atoms with Crippen molar-refractivity contribution in [2.75, 3.05) is 33.0 Å². The molecule has 0 aromatic carbocycles. The molecule has 0 aliphatic carbocycles. The molecule has 14 nitrogen and oxygen atoms in total. The van der Waals surface area contributed by atoms with Gasteiger partial charge in [0.05, 0.1) is 26.4 Å². The van der Waals surface area contributed by atoms with Crippen molar-refractivity contribution < 1.29 is 69.0 Å². The number of rotatable bonds is 37. The van der Waals surface area contributed by atoms with Gasteiger partial charge in [0.25, 0.3) is 0 Å². The van der Waals surface area contributed by atoms with Crippen molar-refractivity contribution in [3.05, 3.63) is 48.6 Å². The summed E-state index contributed by atoms with van der Waals surface area (Å²) < 4.78 is 34.2. The zero-order valence-corrected chi connectivity index (χ0v) is 38.5. The molecule has 11 atom stereocenters. The summed E-state index contributed by atoms with van der Waals surface area (Å²) in [5, 5.41) is 72.0. The van der Waals surface area contributed by atoms with Crippen LogP contribution in [0.25, 0.3) is 0 Å². The lowest BCUT2D eigenvalue weighted by molar-refractivity contribution is -0.332. The lowest BCUT2D eigenvalue weighted by Crippen LogP contribution is -2.61. The molecule has 2 aliphatic heterocycles. The Kier molecular flexibility index (Phi) is 33.6. The van der Waals surface area contributed by atoms with Crippen LogP contribution in [0, 0.1) is 0 Å². The minimum Gasteiger partial charge on any atom is -0.457 e. The standard InChI is InChI=1S/C49H86O14/c1-3-5-7-9-11-13-15-16-17-18-19-20-21-23-25-27-29-31-33-58-35-38(61-41(51)32-30-28-26-24-22-14-12-10-8-6-4-2)36-59-48-47(57)45(55)43(53)40(63-48)37-60-49-46(56)44(54)42(52)39(34-50)62-49/h5,7,11,13,16-17,19-20,38-40,42-50,52-57H,3-4,6,8-10,12,14-15,18,21-37H2,1-2H3/b7-5-,13-11-,17-16-,20-19-. The maximum Gasteiger partial charge on any atom is 0.306 e. The number of allylic oxidation sites excluding steroid dienone is 8. The van der Waals surface area contributed by atoms with E-state index in [4.69, 9.17) is 28.4 Å². The summed E-state index contributed by atoms with van der Waals surface area (Å²) in [6, 6.07) is 0. The van der Waals surface area contributed by atoms with Gasteiger partial charge in [-0.3, -0.25) is 4.79 Å². The third-order valence-corrected chi connectivity index (χ3v) is 11.4. The minimum absolute atomic E-state index is 0.0491. The molecule has 0 spiro atoms. The molecule has 0 amide bonds. The maximum atomic E-state index is 12.9. The Morgan fingerprint density at radius 3 is 1.62 bits per heavy atom. The van der Waals surface area contributed by atoms with E-state index in [0.717, 1.165) is 83.5 Å². The summed E-state index contributed by atoms with van der Waals surface area (Å²) in [6.07, 6.45) is 24.6. The van der Waals surface area contributed by atoms with Crippen molar-refractivity contribution in [3.8, 4) is 0 Å². The molecule has 2 aliphatic rings. The summed E-state index contributed by atoms with van der Waals surface area (Å²) in [5.41, 5.74) is 0. The zero-order valence-electron chi connectivity index (χ0n) is 38.5. The van der Waals surface area contributed by atoms with Gasteiger partial charge in [-0.25, -0.2) is 0 Å². The number of esters is 1. The van der Waals surface area contributed by atoms with Crippen LogP contribution in [0.1, 0.15) is 155 Å². The Morgan fingerprint density at radius 2 is 1.03 bits per heavy atom. The fourth-order valence-electron chi connectivity index (χ4n) is 7.39. The first-order chi connectivity index (χ1) is 30.6. The van der Waals surface area contributed by atoms with Crippen LogP contribution in [0.15, 0.2) is 48.6 Å². The molecule has 2 fully saturated rings. The quantitative estimate of drug-likeness (QED) is 0.0204. The predicted octanol–water partition coefficient (Wildman–Crippen LogP) is 6.40. The normalized spacial score (nSPS) is 27.4. The van der Waals surface area contributed by atoms with Gasteiger partial charge < -0.3 is 64.2 Å². The Morgan fingerprint density at radius 1 is 0.540 bits per heavy atom. The monoisotopic (exact) mass is 899 g/mol. The maximum absolute atomic E-state index is 12.9. The van der Waals surface area contributed by atoms with Gasteiger partial charge in [-0.2, -0.15) is 0 Å². The van der Waals surface area contributed by atoms with Crippen LogP contribution in [0.3, 0.4) is 0 Å². The Balaban J connectivity index is 1.79. The highest BCUT2D eigenvalue weighted by atomic mass is 16.7. The van der Waals surface area contributed by atoms with E-state index in [9.17, 15) is 40.5 Å². The zero-order chi connectivity index (χ0) is 45.9. The van der Waals surface area contributed by atoms with E-state index in [1.54, 1.807) is 0 Å². The van der Waals surface area contributed by atoms with Gasteiger partial charge in [-0.1, -0.05) is 146 Å². The van der Waals surface area contributed by atoms with Gasteiger partial charge in [0.1, 0.15) is 54.9 Å². The van der Waals surface area contributed by atoms with Crippen LogP contribution in [0.5, 0.6) is 0 Å². The first-order valence-corrected chi connectivity index (χ1v) is 24.2. The molecule has 2 saturated heterocycles. The second kappa shape index (κ2) is 37.1. The lowest BCUT2D eigenvalue weighted by Gasteiger charge is -2.42. The molecule has 11 unspecified atom stereocenters. The molecule has 0 bridgehead atoms. The number of hydrogen-bond donors (Lipinski definition) is 7. The number of aliphatic hydroxyl groups is 7. The number of unbranched alkanes of at least 4 members (excludes halogenated alkanes) is 15. The van der Waals surface area contributed by atoms with Gasteiger partial charge >= 0.3 is 5.97 Å². The van der Waals surface area contributed by atoms with Crippen molar-refractivity contribution in [1.29, 1.82) is 0 Å². The van der Waals surface area contributed by atoms with E-state index in [1.807, 2.05) is 0 Å². The highest BCUT2D eigenvalue weighted by Crippen LogP contribution is 2.26. The minimum atomic E-state index is -1.71. The third-order valence-electron chi connectivity index (χ3n) is 11.4. The SMILES string of the molecule is CC/C=C\C/C=C\C/C=C\C/C=C\CCCCCCCOCC(COC1OC(COC2OC(CO)C(O)C(O)C2O)C(O)C(O)C1O)OC(=O)CCCCCCCCCCCCC. The summed E-state index contributed by atoms with van der Waals surface area (Å²) in [6.45, 7) is 3.50. The van der Waals surface area contributed by atoms with E-state index < -0.39 is 80.7 Å². The largest absolute Gasteiger partial charge is 0.457 e. The van der Waals surface area contributed by atoms with Crippen LogP contribution in [-0.4, -0.2) is 142 Å². The molecule has 0 saturated carbocycles. The summed E-state index contributed by atoms with van der Waals surface area (Å²) in [5.74, 6) is -0.386. The summed E-state index contributed by atoms with van der Waals surface area (Å²) >= 11 is 0. The van der Waals surface area contributed by atoms with Crippen molar-refractivity contribution >= 4 is 5.97 Å². The highest BCUT2D eigenvalue weighted by Gasteiger charge is 2.47. The molecule has 7 N–H and O–H groups in total. The average molecular weight is 899 g/mol. The average Bonchev–Trinajstić information content (AvgIpc) is 3.28. The van der Waals surface area contributed by atoms with Crippen molar-refractivity contribution in [3.63, 3.8) is 0 Å². The molecule has 0 aromatic rings. The lowest BCUT2D eigenvalue weighted by atomic mass is 9.98. The molecule has 0 aromatic heterocycles. The molecule has 2 heterocycles. The van der Waals surface area contributed by atoms with Crippen molar-refractivity contribution in [1.82, 2.24) is 0 Å². The van der Waals surface area contributed by atoms with Crippen LogP contribution in [0.2, 0.25) is 0 Å². The van der Waals surface area contributed by atoms with Gasteiger partial charge in [0.15, 0.2) is 12.6 Å². The molecule has 366 valence electrons. The van der Waals surface area contributed by atoms with Crippen molar-refractivity contribution in [2.24, 2.45) is 0 Å². The third kappa shape index (κ3) is 25.4. The van der Waals surface area contributed by atoms with Gasteiger partial charge in [-0.15, -0.1) is 0 Å². The molecule has 63 heavy (non-hydrogen) atoms.